The Morgan fingerprint density at radius 2 is 1.60 bits per heavy atom. The number of morpholine rings is 1. The van der Waals surface area contributed by atoms with E-state index in [1.165, 1.54) is 4.68 Å². The lowest BCUT2D eigenvalue weighted by Crippen LogP contribution is -2.62. The summed E-state index contributed by atoms with van der Waals surface area (Å²) in [6.45, 7) is 21.1. The summed E-state index contributed by atoms with van der Waals surface area (Å²) in [7, 11) is 6.58. The first-order valence-electron chi connectivity index (χ1n) is 28.0. The van der Waals surface area contributed by atoms with Gasteiger partial charge < -0.3 is 62.6 Å². The molecule has 6 heterocycles. The molecule has 2 N–H and O–H groups in total. The molecule has 5 saturated heterocycles. The number of alkyl halides is 1. The number of esters is 2. The predicted octanol–water partition coefficient (Wildman–Crippen LogP) is 5.86. The number of rotatable bonds is 16. The molecule has 1 aromatic carbocycles. The van der Waals surface area contributed by atoms with Crippen LogP contribution in [-0.4, -0.2) is 188 Å². The van der Waals surface area contributed by atoms with Crippen molar-refractivity contribution < 1.29 is 71.6 Å². The summed E-state index contributed by atoms with van der Waals surface area (Å²) >= 11 is 0. The minimum Gasteiger partial charge on any atom is -0.458 e. The summed E-state index contributed by atoms with van der Waals surface area (Å²) in [5, 5.41) is 32.7. The number of carbonyl (C=O) groups excluding carboxylic acids is 3. The molecule has 0 bridgehead atoms. The molecule has 5 fully saturated rings. The van der Waals surface area contributed by atoms with Gasteiger partial charge in [0, 0.05) is 95.4 Å². The number of hydrogen-bond acceptors (Lipinski definition) is 18. The largest absolute Gasteiger partial charge is 0.458 e. The number of likely N-dealkylation sites (N-methyl/N-ethyl adjacent to an activating group) is 1. The zero-order valence-corrected chi connectivity index (χ0v) is 48.1. The van der Waals surface area contributed by atoms with Crippen LogP contribution in [-0.2, 0) is 63.4 Å². The Balaban J connectivity index is 1.15. The van der Waals surface area contributed by atoms with Gasteiger partial charge >= 0.3 is 11.9 Å². The van der Waals surface area contributed by atoms with E-state index in [1.807, 2.05) is 84.7 Å². The lowest BCUT2D eigenvalue weighted by atomic mass is 9.67. The van der Waals surface area contributed by atoms with Crippen LogP contribution >= 0.6 is 0 Å². The summed E-state index contributed by atoms with van der Waals surface area (Å²) in [6, 6.07) is 6.73. The van der Waals surface area contributed by atoms with Gasteiger partial charge in [-0.05, 0) is 84.5 Å². The number of Topliss-reactive ketones (excluding diaryl/α,β-unsaturated/α-hetero) is 1. The molecule has 19 nitrogen and oxygen atoms in total. The van der Waals surface area contributed by atoms with Crippen molar-refractivity contribution >= 4 is 23.4 Å². The van der Waals surface area contributed by atoms with Crippen molar-refractivity contribution in [3.8, 4) is 0 Å². The van der Waals surface area contributed by atoms with Gasteiger partial charge in [0.2, 0.25) is 0 Å². The van der Waals surface area contributed by atoms with E-state index < -0.39 is 132 Å². The maximum atomic E-state index is 15.0. The molecule has 0 radical (unpaired) electrons. The second-order valence-electron chi connectivity index (χ2n) is 23.5. The molecule has 5 aliphatic rings. The predicted molar refractivity (Wildman–Crippen MR) is 283 cm³/mol. The van der Waals surface area contributed by atoms with Crippen LogP contribution in [0.1, 0.15) is 125 Å². The molecular formula is C57H90FN5O14. The van der Waals surface area contributed by atoms with E-state index in [9.17, 15) is 29.0 Å². The van der Waals surface area contributed by atoms with Crippen LogP contribution < -0.4 is 4.90 Å². The minimum atomic E-state index is -1.27. The third-order valence-electron chi connectivity index (χ3n) is 18.5. The highest BCUT2D eigenvalue weighted by Gasteiger charge is 2.59. The van der Waals surface area contributed by atoms with E-state index in [2.05, 4.69) is 15.2 Å². The Kier molecular flexibility index (Phi) is 20.1. The van der Waals surface area contributed by atoms with Crippen molar-refractivity contribution in [3.05, 3.63) is 41.7 Å². The first kappa shape index (κ1) is 60.9. The molecule has 0 saturated carbocycles. The number of cyclic esters (lactones) is 1. The number of benzene rings is 1. The molecule has 1 unspecified atom stereocenters. The molecule has 434 valence electrons. The highest BCUT2D eigenvalue weighted by Crippen LogP contribution is 2.48. The van der Waals surface area contributed by atoms with E-state index in [-0.39, 0.29) is 31.1 Å². The molecule has 77 heavy (non-hydrogen) atoms. The molecule has 7 rings (SSSR count). The fourth-order valence-corrected chi connectivity index (χ4v) is 13.7. The molecule has 5 aliphatic heterocycles. The zero-order chi connectivity index (χ0) is 56.3. The van der Waals surface area contributed by atoms with Gasteiger partial charge in [-0.3, -0.25) is 14.4 Å². The molecular weight excluding hydrogens is 998 g/mol. The minimum absolute atomic E-state index is 0.0103. The molecule has 1 aromatic heterocycles. The number of anilines is 1. The normalized spacial score (nSPS) is 39.6. The van der Waals surface area contributed by atoms with Crippen LogP contribution in [0.25, 0.3) is 0 Å². The third kappa shape index (κ3) is 12.8. The number of ketones is 1. The van der Waals surface area contributed by atoms with Crippen LogP contribution in [0.2, 0.25) is 0 Å². The summed E-state index contributed by atoms with van der Waals surface area (Å²) in [5.41, 5.74) is -1.08. The van der Waals surface area contributed by atoms with Gasteiger partial charge in [-0.1, -0.05) is 52.0 Å². The van der Waals surface area contributed by atoms with E-state index in [0.717, 1.165) is 24.3 Å². The fraction of sp³-hybridized carbons (Fsp3) is 0.807. The van der Waals surface area contributed by atoms with Gasteiger partial charge in [0.25, 0.3) is 0 Å². The second-order valence-corrected chi connectivity index (χ2v) is 23.5. The van der Waals surface area contributed by atoms with E-state index >= 15 is 0 Å². The summed E-state index contributed by atoms with van der Waals surface area (Å²) in [6.07, 6.45) is -4.32. The number of halogens is 1. The van der Waals surface area contributed by atoms with Crippen LogP contribution in [0.4, 0.5) is 10.1 Å². The number of aliphatic hydroxyl groups is 2. The standard InChI is InChI=1S/C57H90FN5O14/c1-15-45-57(10)41(27-46(64)77-57)34(4)48(65)32(2)28-56(9,71-14)52(35(5)47(36(6)53(68)75-45)44-29-55(8,70-13)51(67)37(7)74-44)76-54-49(66)42(26-33(3)73-54)61(11)21-20-39-31-63(60-59-39)43(30-58)50(69-12)38-16-18-40(19-17-38)62-22-24-72-25-23-62/h16-19,31-37,41-45,47,49-52,54,66-67H,15,20-30H2,1-14H3/t32-,33-,34-,35+,36-,37+,41-,42+,43-,44?,45-,47+,49-,50-,51+,52-,54+,55-,56-,57+/m1/s1. The molecule has 0 amide bonds. The number of ether oxygens (including phenoxy) is 9. The van der Waals surface area contributed by atoms with E-state index in [4.69, 9.17) is 42.6 Å². The van der Waals surface area contributed by atoms with Gasteiger partial charge in [0.15, 0.2) is 6.29 Å². The maximum Gasteiger partial charge on any atom is 0.309 e. The maximum absolute atomic E-state index is 15.0. The van der Waals surface area contributed by atoms with Crippen molar-refractivity contribution in [2.24, 2.45) is 35.5 Å². The number of hydrogen-bond donors (Lipinski definition) is 2. The molecule has 0 spiro atoms. The van der Waals surface area contributed by atoms with Gasteiger partial charge in [0.05, 0.1) is 66.9 Å². The summed E-state index contributed by atoms with van der Waals surface area (Å²) in [5.74, 6) is -5.20. The quantitative estimate of drug-likeness (QED) is 0.188. The Bertz CT molecular complexity index is 2270. The summed E-state index contributed by atoms with van der Waals surface area (Å²) in [4.78, 5) is 47.1. The highest BCUT2D eigenvalue weighted by atomic mass is 19.1. The first-order chi connectivity index (χ1) is 36.5. The Morgan fingerprint density at radius 1 is 0.922 bits per heavy atom. The van der Waals surface area contributed by atoms with Gasteiger partial charge in [-0.2, -0.15) is 0 Å². The van der Waals surface area contributed by atoms with E-state index in [0.29, 0.717) is 44.7 Å². The average Bonchev–Trinajstić information content (AvgIpc) is 4.02. The Labute approximate surface area is 455 Å². The monoisotopic (exact) mass is 1090 g/mol. The Morgan fingerprint density at radius 3 is 2.22 bits per heavy atom. The average molecular weight is 1090 g/mol. The van der Waals surface area contributed by atoms with Crippen molar-refractivity contribution in [1.29, 1.82) is 0 Å². The molecule has 20 heteroatoms. The topological polar surface area (TPSA) is 212 Å². The van der Waals surface area contributed by atoms with Crippen LogP contribution in [0.3, 0.4) is 0 Å². The van der Waals surface area contributed by atoms with Gasteiger partial charge in [0.1, 0.15) is 48.5 Å². The molecule has 20 atom stereocenters. The number of methoxy groups -OCH3 is 3. The van der Waals surface area contributed by atoms with Crippen molar-refractivity contribution in [3.63, 3.8) is 0 Å². The number of carbonyl (C=O) groups is 3. The van der Waals surface area contributed by atoms with Crippen molar-refractivity contribution in [1.82, 2.24) is 19.9 Å². The Hall–Kier alpha value is -3.70. The highest BCUT2D eigenvalue weighted by molar-refractivity contribution is 5.85. The lowest BCUT2D eigenvalue weighted by Gasteiger charge is -2.52. The smallest absolute Gasteiger partial charge is 0.309 e. The lowest BCUT2D eigenvalue weighted by molar-refractivity contribution is -0.305. The van der Waals surface area contributed by atoms with Gasteiger partial charge in [-0.25, -0.2) is 9.07 Å². The molecule has 2 aromatic rings. The molecule has 0 aliphatic carbocycles. The first-order valence-corrected chi connectivity index (χ1v) is 28.0. The van der Waals surface area contributed by atoms with Crippen molar-refractivity contribution in [2.75, 3.05) is 72.8 Å². The van der Waals surface area contributed by atoms with Crippen LogP contribution in [0.15, 0.2) is 30.5 Å². The SMILES string of the molecule is CC[C@H]1OC(=O)[C@H](C)[C@@H](C2C[C@@](C)(OC)[C@@H](O)[C@H](C)O2)[C@H](C)[C@@H](O[C@@H]2O[C@H](C)C[C@H](N(C)CCc3cn([C@H](CF)[C@H](OC)c4ccc(N5CCOCC5)cc4)nn3)[C@H]2O)[C@](C)(OC)C[C@@H](C)C(=O)[C@H](C)[C@H]2CC(=O)O[C@@]21C. The van der Waals surface area contributed by atoms with Crippen LogP contribution in [0, 0.1) is 35.5 Å². The zero-order valence-electron chi connectivity index (χ0n) is 48.1. The number of aliphatic hydroxyl groups excluding tert-OH is 2. The second kappa shape index (κ2) is 25.4. The van der Waals surface area contributed by atoms with Crippen molar-refractivity contribution in [2.45, 2.75) is 192 Å². The van der Waals surface area contributed by atoms with Crippen LogP contribution in [0.5, 0.6) is 0 Å². The number of fused-ring (bicyclic) bond motifs is 1. The summed E-state index contributed by atoms with van der Waals surface area (Å²) < 4.78 is 73.3. The van der Waals surface area contributed by atoms with Gasteiger partial charge in [-0.15, -0.1) is 5.10 Å². The fourth-order valence-electron chi connectivity index (χ4n) is 13.7. The number of aromatic nitrogens is 3. The van der Waals surface area contributed by atoms with E-state index in [1.54, 1.807) is 48.3 Å². The third-order valence-corrected chi connectivity index (χ3v) is 18.5. The number of nitrogens with zero attached hydrogens (tertiary/aromatic N) is 5.